The second-order valence-corrected chi connectivity index (χ2v) is 4.22. The minimum atomic E-state index is -1.88. The van der Waals surface area contributed by atoms with Crippen LogP contribution in [0.15, 0.2) is 24.3 Å². The second-order valence-electron chi connectivity index (χ2n) is 4.22. The fraction of sp³-hybridized carbons (Fsp3) is 0. The molecule has 0 N–H and O–H groups in total. The van der Waals surface area contributed by atoms with Gasteiger partial charge in [-0.15, -0.1) is 0 Å². The average molecular weight is 457 g/mol. The van der Waals surface area contributed by atoms with E-state index in [1.165, 1.54) is 0 Å². The summed E-state index contributed by atoms with van der Waals surface area (Å²) in [5, 5.41) is 43.5. The molecule has 0 bridgehead atoms. The van der Waals surface area contributed by atoms with Gasteiger partial charge in [-0.2, -0.15) is 0 Å². The number of aromatic carboxylic acids is 4. The van der Waals surface area contributed by atoms with Crippen LogP contribution < -0.4 is 226 Å². The molecule has 2 aromatic rings. The number of hydrogen-bond acceptors (Lipinski definition) is 8. The first-order valence-corrected chi connectivity index (χ1v) is 5.70. The molecule has 0 saturated heterocycles. The quantitative estimate of drug-likeness (QED) is 0.410. The normalized spacial score (nSPS) is 8.77. The molecule has 0 radical (unpaired) electrons. The Labute approximate surface area is 317 Å². The van der Waals surface area contributed by atoms with Crippen molar-refractivity contribution in [1.29, 1.82) is 0 Å². The van der Waals surface area contributed by atoms with Crippen molar-refractivity contribution in [3.05, 3.63) is 46.5 Å². The molecule has 0 aliphatic rings. The van der Waals surface area contributed by atoms with Crippen molar-refractivity contribution in [3.63, 3.8) is 0 Å². The van der Waals surface area contributed by atoms with E-state index in [-0.39, 0.29) is 216 Å². The number of hydrogen-bond donors (Lipinski definition) is 0. The van der Waals surface area contributed by atoms with Gasteiger partial charge in [-0.05, 0) is 10.8 Å². The Morgan fingerprint density at radius 3 is 0.962 bits per heavy atom. The van der Waals surface area contributed by atoms with Crippen LogP contribution in [-0.4, -0.2) is 23.9 Å². The van der Waals surface area contributed by atoms with Crippen LogP contribution in [0.25, 0.3) is 10.8 Å². The van der Waals surface area contributed by atoms with Crippen LogP contribution in [0, 0.1) is 0 Å². The Morgan fingerprint density at radius 1 is 0.500 bits per heavy atom. The number of carboxylic acid groups (broad SMARTS) is 4. The molecule has 0 spiro atoms. The second kappa shape index (κ2) is 15.0. The van der Waals surface area contributed by atoms with Gasteiger partial charge < -0.3 is 39.6 Å². The van der Waals surface area contributed by atoms with Gasteiger partial charge in [-0.1, -0.05) is 24.3 Å². The summed E-state index contributed by atoms with van der Waals surface area (Å²) in [4.78, 5) is 44.2. The maximum Gasteiger partial charge on any atom is 1.00 e. The molecule has 112 valence electrons. The molecular formula is C14H4K4O8. The van der Waals surface area contributed by atoms with E-state index in [0.717, 1.165) is 24.3 Å². The zero-order chi connectivity index (χ0) is 16.6. The molecule has 0 saturated carbocycles. The number of benzene rings is 2. The molecule has 12 heteroatoms. The predicted molar refractivity (Wildman–Crippen MR) is 61.3 cm³/mol. The van der Waals surface area contributed by atoms with Crippen molar-refractivity contribution in [2.75, 3.05) is 0 Å². The van der Waals surface area contributed by atoms with Crippen molar-refractivity contribution in [2.24, 2.45) is 0 Å². The van der Waals surface area contributed by atoms with E-state index in [9.17, 15) is 39.6 Å². The first kappa shape index (κ1) is 33.8. The van der Waals surface area contributed by atoms with Crippen LogP contribution in [0.5, 0.6) is 0 Å². The number of carboxylic acids is 4. The summed E-state index contributed by atoms with van der Waals surface area (Å²) in [5.74, 6) is -7.37. The van der Waals surface area contributed by atoms with Gasteiger partial charge in [0.25, 0.3) is 0 Å². The molecule has 2 aromatic carbocycles. The summed E-state index contributed by atoms with van der Waals surface area (Å²) in [7, 11) is 0. The topological polar surface area (TPSA) is 161 Å². The van der Waals surface area contributed by atoms with E-state index in [4.69, 9.17) is 0 Å². The third-order valence-corrected chi connectivity index (χ3v) is 3.05. The van der Waals surface area contributed by atoms with Gasteiger partial charge in [0.1, 0.15) is 0 Å². The minimum absolute atomic E-state index is 0. The molecule has 2 rings (SSSR count). The minimum Gasteiger partial charge on any atom is -0.545 e. The molecular weight excluding hydrogens is 453 g/mol. The van der Waals surface area contributed by atoms with Gasteiger partial charge in [-0.25, -0.2) is 0 Å². The summed E-state index contributed by atoms with van der Waals surface area (Å²) in [5.41, 5.74) is -3.08. The Kier molecular flexibility index (Phi) is 19.5. The van der Waals surface area contributed by atoms with Gasteiger partial charge >= 0.3 is 206 Å². The Bertz CT molecular complexity index is 794. The van der Waals surface area contributed by atoms with E-state index in [1.54, 1.807) is 0 Å². The van der Waals surface area contributed by atoms with E-state index in [2.05, 4.69) is 0 Å². The summed E-state index contributed by atoms with van der Waals surface area (Å²) in [6, 6.07) is 3.47. The van der Waals surface area contributed by atoms with Crippen LogP contribution in [0.1, 0.15) is 41.4 Å². The van der Waals surface area contributed by atoms with Gasteiger partial charge in [-0.3, -0.25) is 0 Å². The third kappa shape index (κ3) is 7.67. The number of fused-ring (bicyclic) bond motifs is 1. The van der Waals surface area contributed by atoms with E-state index >= 15 is 0 Å². The van der Waals surface area contributed by atoms with Crippen LogP contribution in [0.4, 0.5) is 0 Å². The molecule has 0 aliphatic carbocycles. The van der Waals surface area contributed by atoms with Gasteiger partial charge in [0.15, 0.2) is 0 Å². The first-order valence-electron chi connectivity index (χ1n) is 5.70. The van der Waals surface area contributed by atoms with E-state index in [0.29, 0.717) is 0 Å². The zero-order valence-electron chi connectivity index (χ0n) is 14.6. The molecule has 26 heavy (non-hydrogen) atoms. The van der Waals surface area contributed by atoms with Crippen LogP contribution in [0.3, 0.4) is 0 Å². The maximum atomic E-state index is 11.1. The van der Waals surface area contributed by atoms with Gasteiger partial charge in [0.05, 0.1) is 23.9 Å². The van der Waals surface area contributed by atoms with Crippen molar-refractivity contribution in [2.45, 2.75) is 0 Å². The molecule has 0 fully saturated rings. The number of carbonyl (C=O) groups excluding carboxylic acids is 4. The Hall–Kier alpha value is 3.13. The van der Waals surface area contributed by atoms with Crippen LogP contribution in [-0.2, 0) is 0 Å². The maximum absolute atomic E-state index is 11.1. The number of rotatable bonds is 4. The monoisotopic (exact) mass is 456 g/mol. The van der Waals surface area contributed by atoms with E-state index in [1.807, 2.05) is 0 Å². The van der Waals surface area contributed by atoms with Crippen molar-refractivity contribution < 1.29 is 245 Å². The van der Waals surface area contributed by atoms with Gasteiger partial charge in [0.2, 0.25) is 0 Å². The summed E-state index contributed by atoms with van der Waals surface area (Å²) < 4.78 is 0. The average Bonchev–Trinajstić information content (AvgIpc) is 2.43. The molecule has 0 atom stereocenters. The molecule has 8 nitrogen and oxygen atoms in total. The zero-order valence-corrected chi connectivity index (χ0v) is 27.1. The summed E-state index contributed by atoms with van der Waals surface area (Å²) >= 11 is 0. The first-order chi connectivity index (χ1) is 10.3. The van der Waals surface area contributed by atoms with Crippen molar-refractivity contribution in [3.8, 4) is 0 Å². The van der Waals surface area contributed by atoms with Crippen molar-refractivity contribution >= 4 is 34.6 Å². The fourth-order valence-corrected chi connectivity index (χ4v) is 2.19. The Balaban J connectivity index is -0.00000132. The predicted octanol–water partition coefficient (Wildman–Crippen LogP) is -15.7. The molecule has 0 unspecified atom stereocenters. The smallest absolute Gasteiger partial charge is 0.545 e. The van der Waals surface area contributed by atoms with Crippen molar-refractivity contribution in [1.82, 2.24) is 0 Å². The number of carbonyl (C=O) groups is 4. The van der Waals surface area contributed by atoms with Crippen LogP contribution in [0.2, 0.25) is 0 Å². The van der Waals surface area contributed by atoms with E-state index < -0.39 is 46.1 Å². The largest absolute Gasteiger partial charge is 1.00 e. The van der Waals surface area contributed by atoms with Gasteiger partial charge in [0, 0.05) is 22.3 Å². The molecule has 0 aliphatic heterocycles. The summed E-state index contributed by atoms with van der Waals surface area (Å²) in [6.45, 7) is 0. The third-order valence-electron chi connectivity index (χ3n) is 3.05. The molecule has 0 amide bonds. The van der Waals surface area contributed by atoms with Crippen LogP contribution >= 0.6 is 0 Å². The molecule has 0 aromatic heterocycles. The fourth-order valence-electron chi connectivity index (χ4n) is 2.19. The Morgan fingerprint density at radius 2 is 0.769 bits per heavy atom. The molecule has 0 heterocycles. The standard InChI is InChI=1S/C14H8O8.4K/c15-11(16)7-3-1-5-6(10(7)14(21)22)2-4-8(12(17)18)9(5)13(19)20;;;;/h1-4H,(H,15,16)(H,17,18)(H,19,20)(H,21,22);;;;/q;4*+1/p-4. The SMILES string of the molecule is O=C([O-])c1ccc2c(C(=O)[O-])c(C(=O)[O-])ccc2c1C(=O)[O-].[K+].[K+].[K+].[K+]. The summed E-state index contributed by atoms with van der Waals surface area (Å²) in [6.07, 6.45) is 0.